The van der Waals surface area contributed by atoms with Gasteiger partial charge in [-0.2, -0.15) is 0 Å². The van der Waals surface area contributed by atoms with Crippen molar-refractivity contribution < 1.29 is 9.90 Å². The summed E-state index contributed by atoms with van der Waals surface area (Å²) in [6.45, 7) is 3.10. The van der Waals surface area contributed by atoms with Crippen molar-refractivity contribution in [3.63, 3.8) is 0 Å². The zero-order chi connectivity index (χ0) is 20.4. The quantitative estimate of drug-likeness (QED) is 0.672. The van der Waals surface area contributed by atoms with Gasteiger partial charge in [-0.3, -0.25) is 14.2 Å². The predicted octanol–water partition coefficient (Wildman–Crippen LogP) is 2.86. The van der Waals surface area contributed by atoms with Gasteiger partial charge < -0.3 is 10.0 Å². The Bertz CT molecular complexity index is 1110. The normalized spacial score (nSPS) is 15.9. The second-order valence-corrected chi connectivity index (χ2v) is 7.38. The molecular formula is C23H25N3O3. The molecule has 0 spiro atoms. The van der Waals surface area contributed by atoms with Crippen LogP contribution in [0.1, 0.15) is 37.1 Å². The monoisotopic (exact) mass is 391 g/mol. The first-order chi connectivity index (χ1) is 14.2. The van der Waals surface area contributed by atoms with E-state index >= 15 is 0 Å². The maximum absolute atomic E-state index is 13.2. The van der Waals surface area contributed by atoms with E-state index in [0.29, 0.717) is 42.7 Å². The van der Waals surface area contributed by atoms with Crippen LogP contribution in [0.25, 0.3) is 10.9 Å². The van der Waals surface area contributed by atoms with E-state index in [9.17, 15) is 14.7 Å². The fourth-order valence-corrected chi connectivity index (χ4v) is 4.13. The lowest BCUT2D eigenvalue weighted by Gasteiger charge is -2.18. The van der Waals surface area contributed by atoms with Crippen LogP contribution in [-0.4, -0.2) is 33.7 Å². The van der Waals surface area contributed by atoms with E-state index in [2.05, 4.69) is 6.92 Å². The Morgan fingerprint density at radius 1 is 1.03 bits per heavy atom. The minimum Gasteiger partial charge on any atom is -0.396 e. The summed E-state index contributed by atoms with van der Waals surface area (Å²) in [5, 5.41) is 9.83. The van der Waals surface area contributed by atoms with Crippen molar-refractivity contribution in [1.29, 1.82) is 0 Å². The van der Waals surface area contributed by atoms with Crippen LogP contribution in [0.4, 0.5) is 5.69 Å². The van der Waals surface area contributed by atoms with E-state index in [1.165, 1.54) is 0 Å². The first-order valence-electron chi connectivity index (χ1n) is 10.1. The highest BCUT2D eigenvalue weighted by molar-refractivity contribution is 6.05. The van der Waals surface area contributed by atoms with Crippen LogP contribution in [0.3, 0.4) is 0 Å². The second-order valence-electron chi connectivity index (χ2n) is 7.38. The number of hydrogen-bond donors (Lipinski definition) is 1. The number of amides is 1. The molecule has 0 aliphatic carbocycles. The van der Waals surface area contributed by atoms with Crippen molar-refractivity contribution in [3.05, 3.63) is 70.3 Å². The lowest BCUT2D eigenvalue weighted by molar-refractivity contribution is -0.119. The summed E-state index contributed by atoms with van der Waals surface area (Å²) in [7, 11) is 0. The number of para-hydroxylation sites is 2. The van der Waals surface area contributed by atoms with Crippen LogP contribution in [-0.2, 0) is 17.8 Å². The Hall–Kier alpha value is -2.99. The Morgan fingerprint density at radius 2 is 1.79 bits per heavy atom. The zero-order valence-electron chi connectivity index (χ0n) is 16.5. The summed E-state index contributed by atoms with van der Waals surface area (Å²) < 4.78 is 1.62. The van der Waals surface area contributed by atoms with Gasteiger partial charge in [0.15, 0.2) is 0 Å². The van der Waals surface area contributed by atoms with Gasteiger partial charge in [-0.15, -0.1) is 0 Å². The molecule has 0 bridgehead atoms. The largest absolute Gasteiger partial charge is 0.396 e. The summed E-state index contributed by atoms with van der Waals surface area (Å²) in [6, 6.07) is 15.1. The first kappa shape index (κ1) is 19.3. The molecule has 0 fully saturated rings. The number of anilines is 1. The highest BCUT2D eigenvalue weighted by atomic mass is 16.3. The number of carbonyl (C=O) groups is 1. The molecule has 0 unspecified atom stereocenters. The minimum absolute atomic E-state index is 0.00578. The molecule has 3 aromatic rings. The Labute approximate surface area is 169 Å². The third kappa shape index (κ3) is 3.44. The Morgan fingerprint density at radius 3 is 2.59 bits per heavy atom. The first-order valence-corrected chi connectivity index (χ1v) is 10.1. The van der Waals surface area contributed by atoms with E-state index < -0.39 is 0 Å². The van der Waals surface area contributed by atoms with Crippen molar-refractivity contribution in [2.45, 2.75) is 38.6 Å². The highest BCUT2D eigenvalue weighted by Gasteiger charge is 2.37. The van der Waals surface area contributed by atoms with Gasteiger partial charge in [0.25, 0.3) is 5.56 Å². The standard InChI is InChI=1S/C23H25N3O3/c1-2-12-25-20-11-6-4-8-16(20)18(23(25)29)15-21-24-19-10-5-3-9-17(19)22(28)26(21)13-7-14-27/h3-6,8-11,18,27H,2,7,12-15H2,1H3/t18-/m0/s1. The topological polar surface area (TPSA) is 75.4 Å². The fourth-order valence-electron chi connectivity index (χ4n) is 4.13. The lowest BCUT2D eigenvalue weighted by atomic mass is 9.96. The molecule has 6 heteroatoms. The molecule has 1 aliphatic rings. The summed E-state index contributed by atoms with van der Waals surface area (Å²) in [5.41, 5.74) is 2.46. The van der Waals surface area contributed by atoms with Gasteiger partial charge >= 0.3 is 0 Å². The van der Waals surface area contributed by atoms with Gasteiger partial charge in [0.2, 0.25) is 5.91 Å². The Balaban J connectivity index is 1.79. The van der Waals surface area contributed by atoms with E-state index in [-0.39, 0.29) is 24.0 Å². The molecule has 1 N–H and O–H groups in total. The second kappa shape index (κ2) is 8.17. The van der Waals surface area contributed by atoms with Crippen LogP contribution in [0.5, 0.6) is 0 Å². The van der Waals surface area contributed by atoms with Gasteiger partial charge in [-0.1, -0.05) is 37.3 Å². The number of aliphatic hydroxyl groups excluding tert-OH is 1. The third-order valence-corrected chi connectivity index (χ3v) is 5.48. The summed E-state index contributed by atoms with van der Waals surface area (Å²) in [5.74, 6) is 0.295. The van der Waals surface area contributed by atoms with Crippen molar-refractivity contribution in [1.82, 2.24) is 9.55 Å². The summed E-state index contributed by atoms with van der Waals surface area (Å²) in [6.07, 6.45) is 1.70. The molecule has 1 amide bonds. The van der Waals surface area contributed by atoms with Crippen LogP contribution in [0.2, 0.25) is 0 Å². The van der Waals surface area contributed by atoms with E-state index in [1.807, 2.05) is 47.4 Å². The molecule has 2 aromatic carbocycles. The summed E-state index contributed by atoms with van der Waals surface area (Å²) in [4.78, 5) is 32.9. The number of aliphatic hydroxyl groups is 1. The van der Waals surface area contributed by atoms with Crippen LogP contribution in [0, 0.1) is 0 Å². The molecule has 4 rings (SSSR count). The highest BCUT2D eigenvalue weighted by Crippen LogP contribution is 2.38. The number of hydrogen-bond acceptors (Lipinski definition) is 4. The van der Waals surface area contributed by atoms with E-state index in [0.717, 1.165) is 17.7 Å². The van der Waals surface area contributed by atoms with Gasteiger partial charge in [0, 0.05) is 31.8 Å². The van der Waals surface area contributed by atoms with Crippen LogP contribution < -0.4 is 10.5 Å². The molecular weight excluding hydrogens is 366 g/mol. The average molecular weight is 391 g/mol. The SMILES string of the molecule is CCCN1C(=O)[C@@H](Cc2nc3ccccc3c(=O)n2CCCO)c2ccccc21. The molecule has 0 saturated carbocycles. The number of carbonyl (C=O) groups excluding carboxylic acids is 1. The van der Waals surface area contributed by atoms with Gasteiger partial charge in [0.05, 0.1) is 16.8 Å². The Kier molecular flexibility index (Phi) is 5.45. The fraction of sp³-hybridized carbons (Fsp3) is 0.348. The molecule has 150 valence electrons. The van der Waals surface area contributed by atoms with Crippen molar-refractivity contribution in [2.24, 2.45) is 0 Å². The van der Waals surface area contributed by atoms with Crippen molar-refractivity contribution in [3.8, 4) is 0 Å². The average Bonchev–Trinajstić information content (AvgIpc) is 3.00. The van der Waals surface area contributed by atoms with Crippen LogP contribution in [0.15, 0.2) is 53.3 Å². The molecule has 29 heavy (non-hydrogen) atoms. The predicted molar refractivity (Wildman–Crippen MR) is 113 cm³/mol. The number of rotatable bonds is 7. The maximum Gasteiger partial charge on any atom is 0.261 e. The molecule has 2 heterocycles. The maximum atomic E-state index is 13.2. The molecule has 1 aromatic heterocycles. The van der Waals surface area contributed by atoms with Gasteiger partial charge in [0.1, 0.15) is 5.82 Å². The smallest absolute Gasteiger partial charge is 0.261 e. The van der Waals surface area contributed by atoms with E-state index in [1.54, 1.807) is 10.6 Å². The van der Waals surface area contributed by atoms with Crippen molar-refractivity contribution >= 4 is 22.5 Å². The third-order valence-electron chi connectivity index (χ3n) is 5.48. The number of aromatic nitrogens is 2. The molecule has 0 radical (unpaired) electrons. The number of fused-ring (bicyclic) bond motifs is 2. The number of benzene rings is 2. The van der Waals surface area contributed by atoms with Gasteiger partial charge in [-0.05, 0) is 36.6 Å². The number of nitrogens with zero attached hydrogens (tertiary/aromatic N) is 3. The zero-order valence-corrected chi connectivity index (χ0v) is 16.5. The van der Waals surface area contributed by atoms with E-state index in [4.69, 9.17) is 4.98 Å². The van der Waals surface area contributed by atoms with Gasteiger partial charge in [-0.25, -0.2) is 4.98 Å². The molecule has 0 saturated heterocycles. The molecule has 6 nitrogen and oxygen atoms in total. The minimum atomic E-state index is -0.355. The van der Waals surface area contributed by atoms with Crippen molar-refractivity contribution in [2.75, 3.05) is 18.1 Å². The molecule has 1 aliphatic heterocycles. The molecule has 1 atom stereocenters. The van der Waals surface area contributed by atoms with Crippen LogP contribution >= 0.6 is 0 Å². The summed E-state index contributed by atoms with van der Waals surface area (Å²) >= 11 is 0. The lowest BCUT2D eigenvalue weighted by Crippen LogP contribution is -2.32.